The molecule has 0 amide bonds. The number of nitrogen functional groups attached to an aromatic ring is 1. The van der Waals surface area contributed by atoms with Crippen molar-refractivity contribution in [1.29, 1.82) is 0 Å². The first-order valence-corrected chi connectivity index (χ1v) is 11.0. The predicted octanol–water partition coefficient (Wildman–Crippen LogP) is 4.49. The Bertz CT molecular complexity index is 1650. The summed E-state index contributed by atoms with van der Waals surface area (Å²) < 4.78 is 3.41. The minimum Gasteiger partial charge on any atom is -0.392 e. The van der Waals surface area contributed by atoms with Crippen LogP contribution < -0.4 is 16.6 Å². The number of para-hydroxylation sites is 1. The monoisotopic (exact) mass is 462 g/mol. The summed E-state index contributed by atoms with van der Waals surface area (Å²) in [6.07, 6.45) is 4.96. The largest absolute Gasteiger partial charge is 0.392 e. The zero-order valence-electron chi connectivity index (χ0n) is 19.2. The second-order valence-corrected chi connectivity index (χ2v) is 8.15. The van der Waals surface area contributed by atoms with Gasteiger partial charge in [0.15, 0.2) is 0 Å². The lowest BCUT2D eigenvalue weighted by Gasteiger charge is -2.22. The van der Waals surface area contributed by atoms with E-state index in [2.05, 4.69) is 25.2 Å². The minimum atomic E-state index is -0.385. The molecule has 9 heteroatoms. The summed E-state index contributed by atoms with van der Waals surface area (Å²) in [5, 5.41) is 8.94. The van der Waals surface area contributed by atoms with Crippen LogP contribution in [-0.4, -0.2) is 24.3 Å². The first-order chi connectivity index (χ1) is 17.0. The highest BCUT2D eigenvalue weighted by atomic mass is 16.1. The lowest BCUT2D eigenvalue weighted by Crippen LogP contribution is -2.26. The Kier molecular flexibility index (Phi) is 5.47. The molecule has 0 aliphatic rings. The van der Waals surface area contributed by atoms with Crippen LogP contribution in [0.3, 0.4) is 0 Å². The maximum Gasteiger partial charge on any atom is 0.268 e. The summed E-state index contributed by atoms with van der Waals surface area (Å²) in [6.45, 7) is 9.38. The zero-order valence-corrected chi connectivity index (χ0v) is 19.2. The molecule has 3 heterocycles. The Hall–Kier alpha value is -4.97. The maximum absolute atomic E-state index is 14.1. The maximum atomic E-state index is 14.1. The van der Waals surface area contributed by atoms with Crippen molar-refractivity contribution in [2.45, 2.75) is 13.0 Å². The molecule has 2 aromatic carbocycles. The lowest BCUT2D eigenvalue weighted by atomic mass is 9.99. The molecule has 0 radical (unpaired) electrons. The van der Waals surface area contributed by atoms with Crippen LogP contribution in [0.4, 0.5) is 17.3 Å². The van der Waals surface area contributed by atoms with E-state index in [1.807, 2.05) is 74.8 Å². The number of aryl methyl sites for hydroxylation is 1. The number of pyridine rings is 1. The number of benzene rings is 2. The molecule has 0 bridgehead atoms. The van der Waals surface area contributed by atoms with E-state index < -0.39 is 0 Å². The van der Waals surface area contributed by atoms with Crippen LogP contribution in [0.2, 0.25) is 0 Å². The highest BCUT2D eigenvalue weighted by molar-refractivity contribution is 5.96. The number of rotatable bonds is 5. The number of nitrogens with two attached hydrogens (primary N) is 1. The van der Waals surface area contributed by atoms with E-state index in [1.165, 1.54) is 6.33 Å². The lowest BCUT2D eigenvalue weighted by molar-refractivity contribution is 0.768. The molecule has 5 aromatic rings. The fourth-order valence-electron chi connectivity index (χ4n) is 4.23. The summed E-state index contributed by atoms with van der Waals surface area (Å²) in [7, 11) is 1.85. The number of hydrogen-bond acceptors (Lipinski definition) is 6. The quantitative estimate of drug-likeness (QED) is 0.373. The van der Waals surface area contributed by atoms with Crippen molar-refractivity contribution in [1.82, 2.24) is 24.3 Å². The van der Waals surface area contributed by atoms with Gasteiger partial charge in [-0.3, -0.25) is 14.0 Å². The van der Waals surface area contributed by atoms with E-state index in [4.69, 9.17) is 12.3 Å². The fourth-order valence-corrected chi connectivity index (χ4v) is 4.23. The third kappa shape index (κ3) is 3.87. The molecule has 0 aliphatic carbocycles. The highest BCUT2D eigenvalue weighted by Gasteiger charge is 2.20. The third-order valence-corrected chi connectivity index (χ3v) is 5.86. The molecule has 0 fully saturated rings. The summed E-state index contributed by atoms with van der Waals surface area (Å²) in [6, 6.07) is 16.9. The SMILES string of the molecule is [C-]#[N+]c1c(N)ncnc1N[C@@H](C)c1cc2cccc(-c3cnn(C)c3)c2c(=O)n1-c1ccccc1. The number of nitrogens with zero attached hydrogens (tertiary/aromatic N) is 6. The standard InChI is InChI=1S/C26H22N8O/c1-16(32-25-23(28-2)24(27)29-15-30-25)21-12-17-8-7-11-20(18-13-31-33(3)14-18)22(17)26(35)34(21)19-9-5-4-6-10-19/h4-16H,1,3H3,(H3,27,29,30,32)/t16-/m0/s1. The molecule has 3 N–H and O–H groups in total. The van der Waals surface area contributed by atoms with Gasteiger partial charge in [0, 0.05) is 30.2 Å². The molecule has 0 unspecified atom stereocenters. The average molecular weight is 463 g/mol. The van der Waals surface area contributed by atoms with Gasteiger partial charge < -0.3 is 11.1 Å². The molecule has 0 saturated carbocycles. The molecule has 35 heavy (non-hydrogen) atoms. The Balaban J connectivity index is 1.75. The zero-order chi connectivity index (χ0) is 24.5. The van der Waals surface area contributed by atoms with E-state index in [1.54, 1.807) is 15.4 Å². The first-order valence-electron chi connectivity index (χ1n) is 11.0. The van der Waals surface area contributed by atoms with Gasteiger partial charge in [-0.25, -0.2) is 14.8 Å². The molecule has 1 atom stereocenters. The number of anilines is 2. The van der Waals surface area contributed by atoms with Crippen molar-refractivity contribution in [3.63, 3.8) is 0 Å². The first kappa shape index (κ1) is 21.9. The summed E-state index contributed by atoms with van der Waals surface area (Å²) in [5.41, 5.74) is 9.00. The van der Waals surface area contributed by atoms with E-state index in [0.29, 0.717) is 16.9 Å². The van der Waals surface area contributed by atoms with Crippen molar-refractivity contribution in [3.05, 3.63) is 101 Å². The van der Waals surface area contributed by atoms with Crippen LogP contribution in [0.25, 0.3) is 32.4 Å². The van der Waals surface area contributed by atoms with Gasteiger partial charge in [-0.1, -0.05) is 36.4 Å². The number of hydrogen-bond donors (Lipinski definition) is 2. The van der Waals surface area contributed by atoms with Gasteiger partial charge in [0.05, 0.1) is 24.2 Å². The van der Waals surface area contributed by atoms with Crippen LogP contribution in [0, 0.1) is 6.57 Å². The summed E-state index contributed by atoms with van der Waals surface area (Å²) in [4.78, 5) is 25.7. The Morgan fingerprint density at radius 1 is 1.11 bits per heavy atom. The second-order valence-electron chi connectivity index (χ2n) is 8.15. The molecular weight excluding hydrogens is 440 g/mol. The number of fused-ring (bicyclic) bond motifs is 1. The van der Waals surface area contributed by atoms with Gasteiger partial charge in [0.2, 0.25) is 0 Å². The molecule has 9 nitrogen and oxygen atoms in total. The summed E-state index contributed by atoms with van der Waals surface area (Å²) >= 11 is 0. The van der Waals surface area contributed by atoms with Gasteiger partial charge in [0.25, 0.3) is 11.2 Å². The van der Waals surface area contributed by atoms with E-state index in [-0.39, 0.29) is 23.1 Å². The predicted molar refractivity (Wildman–Crippen MR) is 136 cm³/mol. The Labute approximate surface area is 201 Å². The third-order valence-electron chi connectivity index (χ3n) is 5.86. The van der Waals surface area contributed by atoms with Crippen LogP contribution in [0.5, 0.6) is 0 Å². The highest BCUT2D eigenvalue weighted by Crippen LogP contribution is 2.32. The Morgan fingerprint density at radius 2 is 1.91 bits per heavy atom. The molecule has 0 aliphatic heterocycles. The van der Waals surface area contributed by atoms with Crippen molar-refractivity contribution in [3.8, 4) is 16.8 Å². The molecule has 0 saturated heterocycles. The van der Waals surface area contributed by atoms with Gasteiger partial charge in [-0.15, -0.1) is 0 Å². The average Bonchev–Trinajstić information content (AvgIpc) is 3.30. The minimum absolute atomic E-state index is 0.102. The fraction of sp³-hybridized carbons (Fsp3) is 0.115. The Morgan fingerprint density at radius 3 is 2.63 bits per heavy atom. The number of aromatic nitrogens is 5. The smallest absolute Gasteiger partial charge is 0.268 e. The van der Waals surface area contributed by atoms with Crippen LogP contribution in [-0.2, 0) is 7.05 Å². The van der Waals surface area contributed by atoms with Gasteiger partial charge in [0.1, 0.15) is 18.0 Å². The van der Waals surface area contributed by atoms with Crippen molar-refractivity contribution < 1.29 is 0 Å². The van der Waals surface area contributed by atoms with Crippen molar-refractivity contribution in [2.75, 3.05) is 11.1 Å². The summed E-state index contributed by atoms with van der Waals surface area (Å²) in [5.74, 6) is 0.418. The van der Waals surface area contributed by atoms with E-state index >= 15 is 0 Å². The van der Waals surface area contributed by atoms with Crippen molar-refractivity contribution in [2.24, 2.45) is 7.05 Å². The molecule has 172 valence electrons. The molecule has 3 aromatic heterocycles. The second kappa shape index (κ2) is 8.76. The van der Waals surface area contributed by atoms with E-state index in [9.17, 15) is 4.79 Å². The molecular formula is C26H22N8O. The van der Waals surface area contributed by atoms with Crippen LogP contribution >= 0.6 is 0 Å². The topological polar surface area (TPSA) is 108 Å². The van der Waals surface area contributed by atoms with Gasteiger partial charge in [-0.2, -0.15) is 5.10 Å². The van der Waals surface area contributed by atoms with Gasteiger partial charge >= 0.3 is 0 Å². The van der Waals surface area contributed by atoms with Gasteiger partial charge in [-0.05, 0) is 36.1 Å². The normalized spacial score (nSPS) is 11.8. The van der Waals surface area contributed by atoms with E-state index in [0.717, 1.165) is 22.2 Å². The van der Waals surface area contributed by atoms with Crippen LogP contribution in [0.15, 0.2) is 78.1 Å². The molecule has 0 spiro atoms. The van der Waals surface area contributed by atoms with Crippen LogP contribution in [0.1, 0.15) is 18.7 Å². The molecule has 5 rings (SSSR count). The van der Waals surface area contributed by atoms with Crippen molar-refractivity contribution >= 4 is 28.1 Å². The number of nitrogens with one attached hydrogen (secondary N) is 1.